The molecule has 0 unspecified atom stereocenters. The van der Waals surface area contributed by atoms with Crippen molar-refractivity contribution in [3.8, 4) is 17.3 Å². The van der Waals surface area contributed by atoms with Gasteiger partial charge in [0.2, 0.25) is 5.91 Å². The number of ether oxygens (including phenoxy) is 1. The zero-order valence-corrected chi connectivity index (χ0v) is 20.7. The minimum absolute atomic E-state index is 0.0906. The van der Waals surface area contributed by atoms with Crippen LogP contribution in [0.5, 0.6) is 5.75 Å². The van der Waals surface area contributed by atoms with Gasteiger partial charge in [-0.3, -0.25) is 9.59 Å². The van der Waals surface area contributed by atoms with Gasteiger partial charge in [0.1, 0.15) is 23.1 Å². The third-order valence-electron chi connectivity index (χ3n) is 6.97. The van der Waals surface area contributed by atoms with E-state index in [2.05, 4.69) is 38.9 Å². The molecular weight excluding hydrogens is 460 g/mol. The zero-order valence-electron chi connectivity index (χ0n) is 20.7. The number of benzene rings is 1. The first kappa shape index (κ1) is 23.9. The van der Waals surface area contributed by atoms with Crippen molar-refractivity contribution in [2.75, 3.05) is 25.6 Å². The van der Waals surface area contributed by atoms with Gasteiger partial charge < -0.3 is 24.6 Å². The van der Waals surface area contributed by atoms with Crippen LogP contribution in [0.1, 0.15) is 54.0 Å². The summed E-state index contributed by atoms with van der Waals surface area (Å²) < 4.78 is 7.64. The van der Waals surface area contributed by atoms with Crippen molar-refractivity contribution in [3.63, 3.8) is 0 Å². The summed E-state index contributed by atoms with van der Waals surface area (Å²) in [6.07, 6.45) is 2.61. The van der Waals surface area contributed by atoms with Crippen LogP contribution in [0, 0.1) is 0 Å². The molecule has 5 rings (SSSR count). The summed E-state index contributed by atoms with van der Waals surface area (Å²) in [5.74, 6) is 2.03. The number of amides is 2. The number of aliphatic hydroxyl groups excluding tert-OH is 1. The molecule has 36 heavy (non-hydrogen) atoms. The normalized spacial score (nSPS) is 15.8. The first-order chi connectivity index (χ1) is 17.3. The van der Waals surface area contributed by atoms with Crippen molar-refractivity contribution in [2.24, 2.45) is 0 Å². The zero-order chi connectivity index (χ0) is 25.4. The smallest absolute Gasteiger partial charge is 0.260 e. The van der Waals surface area contributed by atoms with Gasteiger partial charge in [0.05, 0.1) is 19.3 Å². The molecule has 2 aliphatic rings. The standard InChI is InChI=1S/C26H30N6O4/c1-26(2)10-7-22-29-30-24(32(22)26)19-5-4-6-21(27-19)28-25(35)18-13-17-15-31(23(34)9-12-33)11-8-16(17)14-20(18)36-3/h4-6,13-14,33H,7-12,15H2,1-3H3,(H,27,28,35). The lowest BCUT2D eigenvalue weighted by molar-refractivity contribution is -0.132. The van der Waals surface area contributed by atoms with E-state index < -0.39 is 0 Å². The topological polar surface area (TPSA) is 122 Å². The monoisotopic (exact) mass is 490 g/mol. The summed E-state index contributed by atoms with van der Waals surface area (Å²) in [4.78, 5) is 31.9. The minimum atomic E-state index is -0.357. The average Bonchev–Trinajstić information content (AvgIpc) is 3.44. The Kier molecular flexibility index (Phi) is 6.21. The quantitative estimate of drug-likeness (QED) is 0.544. The maximum atomic E-state index is 13.3. The lowest BCUT2D eigenvalue weighted by atomic mass is 9.96. The highest BCUT2D eigenvalue weighted by Gasteiger charge is 2.34. The number of fused-ring (bicyclic) bond motifs is 2. The number of methoxy groups -OCH3 is 1. The van der Waals surface area contributed by atoms with Crippen LogP contribution in [-0.4, -0.2) is 61.8 Å². The molecule has 0 atom stereocenters. The predicted molar refractivity (Wildman–Crippen MR) is 133 cm³/mol. The molecule has 0 fully saturated rings. The van der Waals surface area contributed by atoms with Crippen molar-refractivity contribution in [3.05, 3.63) is 52.8 Å². The highest BCUT2D eigenvalue weighted by atomic mass is 16.5. The summed E-state index contributed by atoms with van der Waals surface area (Å²) in [5, 5.41) is 20.7. The number of pyridine rings is 1. The summed E-state index contributed by atoms with van der Waals surface area (Å²) in [7, 11) is 1.53. The van der Waals surface area contributed by atoms with E-state index in [-0.39, 0.29) is 30.4 Å². The Hall–Kier alpha value is -3.79. The van der Waals surface area contributed by atoms with Gasteiger partial charge in [0.15, 0.2) is 5.82 Å². The van der Waals surface area contributed by atoms with Gasteiger partial charge in [-0.25, -0.2) is 4.98 Å². The van der Waals surface area contributed by atoms with Crippen molar-refractivity contribution in [1.82, 2.24) is 24.6 Å². The first-order valence-corrected chi connectivity index (χ1v) is 12.1. The Bertz CT molecular complexity index is 1330. The number of nitrogens with one attached hydrogen (secondary N) is 1. The van der Waals surface area contributed by atoms with Crippen LogP contribution in [0.3, 0.4) is 0 Å². The fourth-order valence-electron chi connectivity index (χ4n) is 5.02. The number of carbonyl (C=O) groups is 2. The summed E-state index contributed by atoms with van der Waals surface area (Å²) >= 11 is 0. The molecule has 2 aromatic heterocycles. The van der Waals surface area contributed by atoms with Gasteiger partial charge >= 0.3 is 0 Å². The molecule has 2 amide bonds. The van der Waals surface area contributed by atoms with Crippen molar-refractivity contribution >= 4 is 17.6 Å². The molecule has 0 saturated carbocycles. The predicted octanol–water partition coefficient (Wildman–Crippen LogP) is 2.55. The molecule has 4 heterocycles. The lowest BCUT2D eigenvalue weighted by Crippen LogP contribution is -2.36. The molecule has 2 N–H and O–H groups in total. The van der Waals surface area contributed by atoms with E-state index >= 15 is 0 Å². The van der Waals surface area contributed by atoms with Gasteiger partial charge in [-0.1, -0.05) is 6.07 Å². The highest BCUT2D eigenvalue weighted by Crippen LogP contribution is 2.35. The van der Waals surface area contributed by atoms with Crippen LogP contribution in [-0.2, 0) is 29.7 Å². The van der Waals surface area contributed by atoms with E-state index in [1.54, 1.807) is 17.0 Å². The molecule has 1 aromatic carbocycles. The number of aliphatic hydroxyl groups is 1. The third-order valence-corrected chi connectivity index (χ3v) is 6.97. The van der Waals surface area contributed by atoms with E-state index in [0.29, 0.717) is 48.2 Å². The van der Waals surface area contributed by atoms with Crippen molar-refractivity contribution in [1.29, 1.82) is 0 Å². The third kappa shape index (κ3) is 4.32. The Balaban J connectivity index is 1.40. The lowest BCUT2D eigenvalue weighted by Gasteiger charge is -2.29. The minimum Gasteiger partial charge on any atom is -0.496 e. The van der Waals surface area contributed by atoms with E-state index in [1.165, 1.54) is 7.11 Å². The van der Waals surface area contributed by atoms with Crippen LogP contribution in [0.15, 0.2) is 30.3 Å². The summed E-state index contributed by atoms with van der Waals surface area (Å²) in [6, 6.07) is 9.06. The number of aryl methyl sites for hydroxylation is 1. The Labute approximate surface area is 209 Å². The maximum absolute atomic E-state index is 13.3. The molecule has 0 saturated heterocycles. The first-order valence-electron chi connectivity index (χ1n) is 12.1. The second-order valence-electron chi connectivity index (χ2n) is 9.81. The summed E-state index contributed by atoms with van der Waals surface area (Å²) in [6.45, 7) is 5.09. The molecule has 3 aromatic rings. The molecule has 0 aliphatic carbocycles. The molecule has 0 bridgehead atoms. The van der Waals surface area contributed by atoms with Crippen LogP contribution in [0.2, 0.25) is 0 Å². The average molecular weight is 491 g/mol. The second kappa shape index (κ2) is 9.34. The SMILES string of the molecule is COc1cc2c(cc1C(=O)Nc1cccc(-c3nnc4n3C(C)(C)CC4)n1)CN(C(=O)CCO)CC2. The van der Waals surface area contributed by atoms with Crippen LogP contribution in [0.25, 0.3) is 11.5 Å². The van der Waals surface area contributed by atoms with Crippen LogP contribution >= 0.6 is 0 Å². The number of nitrogens with zero attached hydrogens (tertiary/aromatic N) is 5. The fraction of sp³-hybridized carbons (Fsp3) is 0.423. The van der Waals surface area contributed by atoms with Crippen LogP contribution in [0.4, 0.5) is 5.82 Å². The van der Waals surface area contributed by atoms with E-state index in [0.717, 1.165) is 29.8 Å². The van der Waals surface area contributed by atoms with Crippen LogP contribution < -0.4 is 10.1 Å². The molecule has 0 radical (unpaired) electrons. The van der Waals surface area contributed by atoms with Gasteiger partial charge in [-0.05, 0) is 62.1 Å². The largest absolute Gasteiger partial charge is 0.496 e. The summed E-state index contributed by atoms with van der Waals surface area (Å²) in [5.41, 5.74) is 2.83. The highest BCUT2D eigenvalue weighted by molar-refractivity contribution is 6.06. The van der Waals surface area contributed by atoms with Gasteiger partial charge in [-0.2, -0.15) is 0 Å². The number of hydrogen-bond acceptors (Lipinski definition) is 7. The number of rotatable bonds is 6. The number of hydrogen-bond donors (Lipinski definition) is 2. The van der Waals surface area contributed by atoms with Gasteiger partial charge in [0.25, 0.3) is 5.91 Å². The Morgan fingerprint density at radius 1 is 1.17 bits per heavy atom. The molecule has 188 valence electrons. The van der Waals surface area contributed by atoms with E-state index in [4.69, 9.17) is 9.84 Å². The maximum Gasteiger partial charge on any atom is 0.260 e. The van der Waals surface area contributed by atoms with Gasteiger partial charge in [-0.15, -0.1) is 10.2 Å². The molecule has 0 spiro atoms. The van der Waals surface area contributed by atoms with Crippen molar-refractivity contribution < 1.29 is 19.4 Å². The molecule has 2 aliphatic heterocycles. The number of aromatic nitrogens is 4. The van der Waals surface area contributed by atoms with E-state index in [1.807, 2.05) is 18.2 Å². The Morgan fingerprint density at radius 3 is 2.78 bits per heavy atom. The second-order valence-corrected chi connectivity index (χ2v) is 9.81. The Morgan fingerprint density at radius 2 is 2.00 bits per heavy atom. The fourth-order valence-corrected chi connectivity index (χ4v) is 5.02. The van der Waals surface area contributed by atoms with Gasteiger partial charge in [0, 0.05) is 31.5 Å². The number of carbonyl (C=O) groups excluding carboxylic acids is 2. The van der Waals surface area contributed by atoms with E-state index in [9.17, 15) is 9.59 Å². The molecule has 10 nitrogen and oxygen atoms in total. The number of anilines is 1. The molecular formula is C26H30N6O4. The molecule has 10 heteroatoms. The van der Waals surface area contributed by atoms with Crippen molar-refractivity contribution in [2.45, 2.75) is 51.6 Å².